The molecule has 1 unspecified atom stereocenters. The van der Waals surface area contributed by atoms with E-state index in [1.165, 1.54) is 4.88 Å². The van der Waals surface area contributed by atoms with Crippen molar-refractivity contribution in [1.29, 1.82) is 0 Å². The van der Waals surface area contributed by atoms with Gasteiger partial charge in [0.2, 0.25) is 5.91 Å². The molecule has 0 saturated carbocycles. The number of nitrogens with two attached hydrogens (primary N) is 1. The van der Waals surface area contributed by atoms with Gasteiger partial charge < -0.3 is 5.73 Å². The molecule has 1 rings (SSSR count). The van der Waals surface area contributed by atoms with Crippen molar-refractivity contribution in [3.63, 3.8) is 0 Å². The molecule has 72 valence electrons. The third kappa shape index (κ3) is 2.82. The van der Waals surface area contributed by atoms with Gasteiger partial charge in [0.25, 0.3) is 0 Å². The van der Waals surface area contributed by atoms with E-state index < -0.39 is 0 Å². The molecule has 0 fully saturated rings. The summed E-state index contributed by atoms with van der Waals surface area (Å²) in [5.41, 5.74) is 5.14. The van der Waals surface area contributed by atoms with Crippen molar-refractivity contribution in [2.24, 2.45) is 5.73 Å². The summed E-state index contributed by atoms with van der Waals surface area (Å²) in [6, 6.07) is 3.93. The SMILES string of the molecule is CC(N[C@H](C)c1cccs1)C(N)=O. The van der Waals surface area contributed by atoms with Crippen LogP contribution in [-0.4, -0.2) is 11.9 Å². The minimum Gasteiger partial charge on any atom is -0.368 e. The molecule has 1 amide bonds. The highest BCUT2D eigenvalue weighted by Gasteiger charge is 2.13. The lowest BCUT2D eigenvalue weighted by atomic mass is 10.2. The predicted octanol–water partition coefficient (Wildman–Crippen LogP) is 1.27. The summed E-state index contributed by atoms with van der Waals surface area (Å²) in [6.45, 7) is 3.79. The number of carbonyl (C=O) groups excluding carboxylic acids is 1. The Morgan fingerprint density at radius 3 is 2.77 bits per heavy atom. The zero-order valence-electron chi connectivity index (χ0n) is 7.78. The van der Waals surface area contributed by atoms with Crippen LogP contribution in [0.5, 0.6) is 0 Å². The van der Waals surface area contributed by atoms with E-state index in [-0.39, 0.29) is 18.0 Å². The lowest BCUT2D eigenvalue weighted by Gasteiger charge is -2.15. The lowest BCUT2D eigenvalue weighted by molar-refractivity contribution is -0.119. The fraction of sp³-hybridized carbons (Fsp3) is 0.444. The molecule has 3 nitrogen and oxygen atoms in total. The zero-order chi connectivity index (χ0) is 9.84. The van der Waals surface area contributed by atoms with E-state index in [9.17, 15) is 4.79 Å². The maximum Gasteiger partial charge on any atom is 0.234 e. The van der Waals surface area contributed by atoms with Gasteiger partial charge in [-0.3, -0.25) is 10.1 Å². The Balaban J connectivity index is 2.51. The normalized spacial score (nSPS) is 15.2. The predicted molar refractivity (Wildman–Crippen MR) is 54.5 cm³/mol. The second kappa shape index (κ2) is 4.39. The maximum atomic E-state index is 10.8. The van der Waals surface area contributed by atoms with Crippen molar-refractivity contribution in [3.8, 4) is 0 Å². The van der Waals surface area contributed by atoms with E-state index in [0.29, 0.717) is 0 Å². The van der Waals surface area contributed by atoms with Crippen LogP contribution in [0.15, 0.2) is 17.5 Å². The Morgan fingerprint density at radius 2 is 2.31 bits per heavy atom. The molecular weight excluding hydrogens is 184 g/mol. The topological polar surface area (TPSA) is 55.1 Å². The van der Waals surface area contributed by atoms with Crippen molar-refractivity contribution in [2.75, 3.05) is 0 Å². The van der Waals surface area contributed by atoms with Gasteiger partial charge in [-0.25, -0.2) is 0 Å². The van der Waals surface area contributed by atoms with Crippen LogP contribution in [-0.2, 0) is 4.79 Å². The summed E-state index contributed by atoms with van der Waals surface area (Å²) < 4.78 is 0. The lowest BCUT2D eigenvalue weighted by Crippen LogP contribution is -2.39. The van der Waals surface area contributed by atoms with E-state index in [2.05, 4.69) is 5.32 Å². The highest BCUT2D eigenvalue weighted by Crippen LogP contribution is 2.18. The molecule has 2 atom stereocenters. The summed E-state index contributed by atoms with van der Waals surface area (Å²) in [6.07, 6.45) is 0. The molecule has 0 saturated heterocycles. The summed E-state index contributed by atoms with van der Waals surface area (Å²) in [5, 5.41) is 5.13. The zero-order valence-corrected chi connectivity index (χ0v) is 8.60. The molecule has 0 bridgehead atoms. The smallest absolute Gasteiger partial charge is 0.234 e. The fourth-order valence-corrected chi connectivity index (χ4v) is 1.82. The van der Waals surface area contributed by atoms with Crippen molar-refractivity contribution in [1.82, 2.24) is 5.32 Å². The van der Waals surface area contributed by atoms with Gasteiger partial charge in [-0.1, -0.05) is 6.07 Å². The number of nitrogens with one attached hydrogen (secondary N) is 1. The van der Waals surface area contributed by atoms with Gasteiger partial charge in [-0.2, -0.15) is 0 Å². The molecule has 13 heavy (non-hydrogen) atoms. The van der Waals surface area contributed by atoms with E-state index in [1.807, 2.05) is 24.4 Å². The fourth-order valence-electron chi connectivity index (χ4n) is 1.08. The van der Waals surface area contributed by atoms with Crippen LogP contribution >= 0.6 is 11.3 Å². The highest BCUT2D eigenvalue weighted by atomic mass is 32.1. The third-order valence-electron chi connectivity index (χ3n) is 1.90. The van der Waals surface area contributed by atoms with Crippen molar-refractivity contribution < 1.29 is 4.79 Å². The van der Waals surface area contributed by atoms with Gasteiger partial charge in [0.1, 0.15) is 0 Å². The number of amides is 1. The summed E-state index contributed by atoms with van der Waals surface area (Å²) in [5.74, 6) is -0.316. The first-order valence-corrected chi connectivity index (χ1v) is 5.08. The first-order valence-electron chi connectivity index (χ1n) is 4.20. The molecule has 1 heterocycles. The van der Waals surface area contributed by atoms with Gasteiger partial charge in [-0.05, 0) is 25.3 Å². The van der Waals surface area contributed by atoms with Crippen LogP contribution in [0.1, 0.15) is 24.8 Å². The van der Waals surface area contributed by atoms with E-state index in [4.69, 9.17) is 5.73 Å². The van der Waals surface area contributed by atoms with Crippen LogP contribution < -0.4 is 11.1 Å². The van der Waals surface area contributed by atoms with Gasteiger partial charge in [-0.15, -0.1) is 11.3 Å². The van der Waals surface area contributed by atoms with Crippen molar-refractivity contribution in [2.45, 2.75) is 25.9 Å². The monoisotopic (exact) mass is 198 g/mol. The van der Waals surface area contributed by atoms with Gasteiger partial charge in [0, 0.05) is 10.9 Å². The number of thiophene rings is 1. The number of rotatable bonds is 4. The summed E-state index contributed by atoms with van der Waals surface area (Å²) in [4.78, 5) is 12.0. The molecule has 0 aliphatic carbocycles. The molecule has 0 spiro atoms. The second-order valence-corrected chi connectivity index (χ2v) is 4.01. The van der Waals surface area contributed by atoms with E-state index >= 15 is 0 Å². The quantitative estimate of drug-likeness (QED) is 0.765. The summed E-state index contributed by atoms with van der Waals surface area (Å²) >= 11 is 1.67. The largest absolute Gasteiger partial charge is 0.368 e. The van der Waals surface area contributed by atoms with Crippen LogP contribution in [0.25, 0.3) is 0 Å². The highest BCUT2D eigenvalue weighted by molar-refractivity contribution is 7.10. The molecule has 1 aromatic rings. The summed E-state index contributed by atoms with van der Waals surface area (Å²) in [7, 11) is 0. The van der Waals surface area contributed by atoms with Crippen molar-refractivity contribution in [3.05, 3.63) is 22.4 Å². The average Bonchev–Trinajstić information content (AvgIpc) is 2.55. The van der Waals surface area contributed by atoms with Crippen LogP contribution in [0.3, 0.4) is 0 Å². The molecule has 0 aliphatic heterocycles. The van der Waals surface area contributed by atoms with Crippen molar-refractivity contribution >= 4 is 17.2 Å². The molecule has 1 aromatic heterocycles. The Bertz CT molecular complexity index is 271. The Hall–Kier alpha value is -0.870. The van der Waals surface area contributed by atoms with Gasteiger partial charge in [0.05, 0.1) is 6.04 Å². The molecule has 0 radical (unpaired) electrons. The minimum atomic E-state index is -0.316. The number of carbonyl (C=O) groups is 1. The van der Waals surface area contributed by atoms with Crippen LogP contribution in [0.4, 0.5) is 0 Å². The first-order chi connectivity index (χ1) is 6.11. The van der Waals surface area contributed by atoms with Crippen LogP contribution in [0, 0.1) is 0 Å². The number of hydrogen-bond acceptors (Lipinski definition) is 3. The van der Waals surface area contributed by atoms with E-state index in [0.717, 1.165) is 0 Å². The van der Waals surface area contributed by atoms with Crippen LogP contribution in [0.2, 0.25) is 0 Å². The Labute approximate surface area is 81.9 Å². The molecule has 3 N–H and O–H groups in total. The Kier molecular flexibility index (Phi) is 3.45. The molecular formula is C9H14N2OS. The van der Waals surface area contributed by atoms with Gasteiger partial charge in [0.15, 0.2) is 0 Å². The molecule has 0 aromatic carbocycles. The standard InChI is InChI=1S/C9H14N2OS/c1-6(8-4-3-5-13-8)11-7(2)9(10)12/h3-7,11H,1-2H3,(H2,10,12)/t6-,7?/m1/s1. The second-order valence-electron chi connectivity index (χ2n) is 3.03. The Morgan fingerprint density at radius 1 is 1.62 bits per heavy atom. The molecule has 0 aliphatic rings. The third-order valence-corrected chi connectivity index (χ3v) is 2.95. The first kappa shape index (κ1) is 10.2. The maximum absolute atomic E-state index is 10.8. The minimum absolute atomic E-state index is 0.183. The van der Waals surface area contributed by atoms with E-state index in [1.54, 1.807) is 18.3 Å². The van der Waals surface area contributed by atoms with Gasteiger partial charge >= 0.3 is 0 Å². The average molecular weight is 198 g/mol. The number of hydrogen-bond donors (Lipinski definition) is 2. The number of primary amides is 1. The molecule has 4 heteroatoms.